The number of nitrogens with zero attached hydrogens (tertiary/aromatic N) is 3. The van der Waals surface area contributed by atoms with Gasteiger partial charge in [-0.1, -0.05) is 17.7 Å². The number of carbonyl (C=O) groups is 1. The number of pyridine rings is 2. The van der Waals surface area contributed by atoms with E-state index in [1.807, 2.05) is 49.9 Å². The van der Waals surface area contributed by atoms with Crippen molar-refractivity contribution in [1.29, 1.82) is 0 Å². The van der Waals surface area contributed by atoms with Crippen molar-refractivity contribution < 1.29 is 9.53 Å². The summed E-state index contributed by atoms with van der Waals surface area (Å²) in [5, 5.41) is 7.56. The molecule has 196 valence electrons. The second kappa shape index (κ2) is 11.6. The van der Waals surface area contributed by atoms with Gasteiger partial charge in [-0.25, -0.2) is 14.8 Å². The molecule has 4 rings (SSSR count). The van der Waals surface area contributed by atoms with E-state index < -0.39 is 5.60 Å². The van der Waals surface area contributed by atoms with Gasteiger partial charge in [0.2, 0.25) is 0 Å². The molecular formula is C27H39ClN6O2. The lowest BCUT2D eigenvalue weighted by Gasteiger charge is -2.34. The summed E-state index contributed by atoms with van der Waals surface area (Å²) in [7, 11) is 0. The molecule has 1 aliphatic carbocycles. The summed E-state index contributed by atoms with van der Waals surface area (Å²) in [5.74, 6) is 1.92. The van der Waals surface area contributed by atoms with E-state index in [4.69, 9.17) is 27.1 Å². The maximum absolute atomic E-state index is 12.5. The molecule has 0 unspecified atom stereocenters. The van der Waals surface area contributed by atoms with E-state index >= 15 is 0 Å². The largest absolute Gasteiger partial charge is 0.444 e. The number of ether oxygens (including phenoxy) is 1. The van der Waals surface area contributed by atoms with Gasteiger partial charge < -0.3 is 26.0 Å². The van der Waals surface area contributed by atoms with E-state index in [1.165, 1.54) is 0 Å². The quantitative estimate of drug-likeness (QED) is 0.464. The molecule has 8 nitrogen and oxygen atoms in total. The predicted octanol–water partition coefficient (Wildman–Crippen LogP) is 5.54. The summed E-state index contributed by atoms with van der Waals surface area (Å²) in [4.78, 5) is 23.6. The topological polar surface area (TPSA) is 105 Å². The molecule has 2 aromatic rings. The molecule has 4 N–H and O–H groups in total. The van der Waals surface area contributed by atoms with Crippen LogP contribution in [-0.4, -0.2) is 58.3 Å². The zero-order valence-electron chi connectivity index (χ0n) is 21.6. The Morgan fingerprint density at radius 3 is 2.72 bits per heavy atom. The first-order valence-electron chi connectivity index (χ1n) is 13.0. The molecule has 0 spiro atoms. The number of likely N-dealkylation sites (tertiary alicyclic amines) is 1. The van der Waals surface area contributed by atoms with Gasteiger partial charge >= 0.3 is 6.09 Å². The van der Waals surface area contributed by atoms with Crippen molar-refractivity contribution in [1.82, 2.24) is 14.9 Å². The van der Waals surface area contributed by atoms with Crippen molar-refractivity contribution in [2.45, 2.75) is 77.0 Å². The first kappa shape index (κ1) is 26.5. The fourth-order valence-corrected chi connectivity index (χ4v) is 5.04. The van der Waals surface area contributed by atoms with Gasteiger partial charge in [0.25, 0.3) is 0 Å². The summed E-state index contributed by atoms with van der Waals surface area (Å²) >= 11 is 6.52. The lowest BCUT2D eigenvalue weighted by molar-refractivity contribution is 0.0172. The molecule has 9 heteroatoms. The summed E-state index contributed by atoms with van der Waals surface area (Å²) in [6, 6.07) is 8.56. The maximum Gasteiger partial charge on any atom is 0.410 e. The minimum absolute atomic E-state index is 0.236. The van der Waals surface area contributed by atoms with Gasteiger partial charge in [-0.3, -0.25) is 0 Å². The molecule has 1 saturated heterocycles. The van der Waals surface area contributed by atoms with Gasteiger partial charge in [-0.15, -0.1) is 0 Å². The van der Waals surface area contributed by atoms with E-state index in [9.17, 15) is 4.79 Å². The number of nitrogens with two attached hydrogens (primary N) is 1. The zero-order valence-corrected chi connectivity index (χ0v) is 22.4. The average Bonchev–Trinajstić information content (AvgIpc) is 2.85. The predicted molar refractivity (Wildman–Crippen MR) is 145 cm³/mol. The van der Waals surface area contributed by atoms with E-state index in [1.54, 1.807) is 6.20 Å². The minimum atomic E-state index is -0.486. The minimum Gasteiger partial charge on any atom is -0.444 e. The van der Waals surface area contributed by atoms with Crippen LogP contribution in [0.2, 0.25) is 5.02 Å². The van der Waals surface area contributed by atoms with Crippen molar-refractivity contribution >= 4 is 29.3 Å². The maximum atomic E-state index is 12.5. The lowest BCUT2D eigenvalue weighted by Crippen LogP contribution is -2.44. The normalized spacial score (nSPS) is 22.7. The van der Waals surface area contributed by atoms with Gasteiger partial charge in [0.1, 0.15) is 17.2 Å². The fraction of sp³-hybridized carbons (Fsp3) is 0.593. The third-order valence-electron chi connectivity index (χ3n) is 6.75. The Bertz CT molecular complexity index is 1040. The number of piperidine rings is 1. The Hall–Kier alpha value is -2.58. The second-order valence-corrected chi connectivity index (χ2v) is 11.4. The molecule has 1 atom stereocenters. The summed E-state index contributed by atoms with van der Waals surface area (Å²) in [6.07, 6.45) is 7.63. The molecule has 0 aromatic carbocycles. The smallest absolute Gasteiger partial charge is 0.410 e. The van der Waals surface area contributed by atoms with Crippen molar-refractivity contribution in [2.24, 2.45) is 11.7 Å². The molecular weight excluding hydrogens is 476 g/mol. The molecule has 2 aliphatic rings. The van der Waals surface area contributed by atoms with Crippen LogP contribution in [0.3, 0.4) is 0 Å². The molecule has 3 heterocycles. The Balaban J connectivity index is 1.37. The number of rotatable bonds is 6. The number of hydrogen-bond donors (Lipinski definition) is 3. The molecule has 1 aliphatic heterocycles. The monoisotopic (exact) mass is 514 g/mol. The van der Waals surface area contributed by atoms with E-state index in [0.29, 0.717) is 29.6 Å². The lowest BCUT2D eigenvalue weighted by atomic mass is 9.92. The molecule has 0 bridgehead atoms. The molecule has 0 radical (unpaired) electrons. The standard InChI is InChI=1S/C27H39ClN6O2/c1-27(2,3)36-26(35)34-13-5-6-18(17-34)15-30-24-8-4-7-23(33-24)21-14-25(31-16-22(21)28)32-20-11-9-19(29)10-12-20/h4,7-8,14,16,18-20H,5-6,9-13,15,17,29H2,1-3H3,(H,30,33)(H,31,32)/t18-,19?,20?/m1/s1. The van der Waals surface area contributed by atoms with Crippen molar-refractivity contribution in [3.05, 3.63) is 35.5 Å². The zero-order chi connectivity index (χ0) is 25.7. The van der Waals surface area contributed by atoms with Crippen molar-refractivity contribution in [2.75, 3.05) is 30.3 Å². The number of halogens is 1. The van der Waals surface area contributed by atoms with Crippen LogP contribution >= 0.6 is 11.6 Å². The number of amides is 1. The number of aromatic nitrogens is 2. The third-order valence-corrected chi connectivity index (χ3v) is 7.05. The average molecular weight is 515 g/mol. The fourth-order valence-electron chi connectivity index (χ4n) is 4.84. The molecule has 2 aromatic heterocycles. The van der Waals surface area contributed by atoms with Gasteiger partial charge in [-0.05, 0) is 83.4 Å². The third kappa shape index (κ3) is 7.46. The van der Waals surface area contributed by atoms with Gasteiger partial charge in [0.15, 0.2) is 0 Å². The van der Waals surface area contributed by atoms with Crippen LogP contribution in [0.1, 0.15) is 59.3 Å². The summed E-state index contributed by atoms with van der Waals surface area (Å²) < 4.78 is 5.55. The van der Waals surface area contributed by atoms with Crippen LogP contribution in [0, 0.1) is 5.92 Å². The first-order chi connectivity index (χ1) is 17.2. The van der Waals surface area contributed by atoms with Crippen LogP contribution in [0.4, 0.5) is 16.4 Å². The molecule has 1 saturated carbocycles. The van der Waals surface area contributed by atoms with Crippen LogP contribution in [0.15, 0.2) is 30.5 Å². The highest BCUT2D eigenvalue weighted by Gasteiger charge is 2.27. The van der Waals surface area contributed by atoms with Crippen molar-refractivity contribution in [3.63, 3.8) is 0 Å². The van der Waals surface area contributed by atoms with Crippen molar-refractivity contribution in [3.8, 4) is 11.3 Å². The highest BCUT2D eigenvalue weighted by Crippen LogP contribution is 2.30. The number of hydrogen-bond acceptors (Lipinski definition) is 7. The van der Waals surface area contributed by atoms with Gasteiger partial charge in [0, 0.05) is 43.5 Å². The number of carbonyl (C=O) groups excluding carboxylic acids is 1. The molecule has 2 fully saturated rings. The Morgan fingerprint density at radius 2 is 1.97 bits per heavy atom. The van der Waals surface area contributed by atoms with E-state index in [-0.39, 0.29) is 6.09 Å². The van der Waals surface area contributed by atoms with Crippen LogP contribution in [0.5, 0.6) is 0 Å². The van der Waals surface area contributed by atoms with Gasteiger partial charge in [0.05, 0.1) is 10.7 Å². The molecule has 1 amide bonds. The number of anilines is 2. The van der Waals surface area contributed by atoms with Gasteiger partial charge in [-0.2, -0.15) is 0 Å². The summed E-state index contributed by atoms with van der Waals surface area (Å²) in [5.41, 5.74) is 7.19. The van der Waals surface area contributed by atoms with Crippen LogP contribution < -0.4 is 16.4 Å². The number of nitrogens with one attached hydrogen (secondary N) is 2. The van der Waals surface area contributed by atoms with E-state index in [2.05, 4.69) is 15.6 Å². The Labute approximate surface area is 219 Å². The first-order valence-corrected chi connectivity index (χ1v) is 13.4. The summed E-state index contributed by atoms with van der Waals surface area (Å²) in [6.45, 7) is 7.84. The van der Waals surface area contributed by atoms with E-state index in [0.717, 1.165) is 74.5 Å². The van der Waals surface area contributed by atoms with Crippen LogP contribution in [-0.2, 0) is 4.74 Å². The Morgan fingerprint density at radius 1 is 1.19 bits per heavy atom. The highest BCUT2D eigenvalue weighted by molar-refractivity contribution is 6.33. The molecule has 36 heavy (non-hydrogen) atoms. The Kier molecular flexibility index (Phi) is 8.57. The SMILES string of the molecule is CC(C)(C)OC(=O)N1CCC[C@H](CNc2cccc(-c3cc(NC4CCC(N)CC4)ncc3Cl)n2)C1. The second-order valence-electron chi connectivity index (χ2n) is 11.0. The highest BCUT2D eigenvalue weighted by atomic mass is 35.5. The van der Waals surface area contributed by atoms with Crippen LogP contribution in [0.25, 0.3) is 11.3 Å².